The molecule has 132 valence electrons. The van der Waals surface area contributed by atoms with Crippen LogP contribution in [0.3, 0.4) is 0 Å². The van der Waals surface area contributed by atoms with Crippen LogP contribution in [0.5, 0.6) is 0 Å². The average Bonchev–Trinajstić information content (AvgIpc) is 2.62. The van der Waals surface area contributed by atoms with Crippen molar-refractivity contribution < 1.29 is 9.18 Å². The van der Waals surface area contributed by atoms with Crippen LogP contribution in [0.4, 0.5) is 21.6 Å². The lowest BCUT2D eigenvalue weighted by atomic mass is 10.1. The summed E-state index contributed by atoms with van der Waals surface area (Å²) in [4.78, 5) is 16.3. The molecule has 0 fully saturated rings. The summed E-state index contributed by atoms with van der Waals surface area (Å²) in [5, 5.41) is 6.07. The Morgan fingerprint density at radius 3 is 2.50 bits per heavy atom. The third-order valence-electron chi connectivity index (χ3n) is 3.98. The van der Waals surface area contributed by atoms with Crippen LogP contribution < -0.4 is 10.6 Å². The van der Waals surface area contributed by atoms with Gasteiger partial charge in [0.1, 0.15) is 11.6 Å². The number of carbonyl (C=O) groups excluding carboxylic acids is 1. The topological polar surface area (TPSA) is 54.0 Å². The number of benzene rings is 2. The molecule has 0 atom stereocenters. The van der Waals surface area contributed by atoms with E-state index < -0.39 is 0 Å². The van der Waals surface area contributed by atoms with Crippen LogP contribution in [0.1, 0.15) is 16.7 Å². The summed E-state index contributed by atoms with van der Waals surface area (Å²) in [6.07, 6.45) is 1.85. The molecule has 3 rings (SSSR count). The highest BCUT2D eigenvalue weighted by Crippen LogP contribution is 2.22. The standard InChI is InChI=1S/C21H20FN3O/c1-14-3-4-15(2)19(11-14)24-18-9-10-20(23-13-18)25-21(26)12-16-5-7-17(22)8-6-16/h3-11,13,24H,12H2,1-2H3,(H,23,25,26). The van der Waals surface area contributed by atoms with E-state index in [9.17, 15) is 9.18 Å². The van der Waals surface area contributed by atoms with Crippen molar-refractivity contribution in [2.75, 3.05) is 10.6 Å². The minimum absolute atomic E-state index is 0.171. The van der Waals surface area contributed by atoms with Gasteiger partial charge in [0.05, 0.1) is 18.3 Å². The minimum atomic E-state index is -0.317. The maximum absolute atomic E-state index is 12.9. The first-order valence-corrected chi connectivity index (χ1v) is 8.34. The van der Waals surface area contributed by atoms with Gasteiger partial charge in [-0.1, -0.05) is 24.3 Å². The molecule has 2 N–H and O–H groups in total. The summed E-state index contributed by atoms with van der Waals surface area (Å²) < 4.78 is 12.9. The third-order valence-corrected chi connectivity index (χ3v) is 3.98. The van der Waals surface area contributed by atoms with Crippen LogP contribution in [0.15, 0.2) is 60.8 Å². The summed E-state index contributed by atoms with van der Waals surface area (Å²) in [7, 11) is 0. The van der Waals surface area contributed by atoms with Crippen LogP contribution in [0.2, 0.25) is 0 Å². The number of carbonyl (C=O) groups is 1. The second-order valence-electron chi connectivity index (χ2n) is 6.23. The summed E-state index contributed by atoms with van der Waals surface area (Å²) >= 11 is 0. The van der Waals surface area contributed by atoms with E-state index in [0.717, 1.165) is 22.5 Å². The molecule has 0 aliphatic carbocycles. The van der Waals surface area contributed by atoms with Crippen LogP contribution in [0, 0.1) is 19.7 Å². The van der Waals surface area contributed by atoms with Crippen molar-refractivity contribution >= 4 is 23.1 Å². The van der Waals surface area contributed by atoms with E-state index in [-0.39, 0.29) is 18.1 Å². The molecule has 3 aromatic rings. The Bertz CT molecular complexity index is 906. The fourth-order valence-electron chi connectivity index (χ4n) is 2.54. The number of aromatic nitrogens is 1. The number of nitrogens with zero attached hydrogens (tertiary/aromatic N) is 1. The lowest BCUT2D eigenvalue weighted by molar-refractivity contribution is -0.115. The molecule has 0 bridgehead atoms. The van der Waals surface area contributed by atoms with Crippen molar-refractivity contribution in [1.82, 2.24) is 4.98 Å². The van der Waals surface area contributed by atoms with E-state index in [1.807, 2.05) is 19.9 Å². The van der Waals surface area contributed by atoms with Gasteiger partial charge >= 0.3 is 0 Å². The molecule has 4 nitrogen and oxygen atoms in total. The third kappa shape index (κ3) is 4.66. The zero-order valence-electron chi connectivity index (χ0n) is 14.7. The fraction of sp³-hybridized carbons (Fsp3) is 0.143. The molecule has 0 radical (unpaired) electrons. The van der Waals surface area contributed by atoms with E-state index in [1.54, 1.807) is 24.4 Å². The summed E-state index contributed by atoms with van der Waals surface area (Å²) in [5.41, 5.74) is 4.94. The van der Waals surface area contributed by atoms with Gasteiger partial charge in [0.25, 0.3) is 0 Å². The minimum Gasteiger partial charge on any atom is -0.354 e. The van der Waals surface area contributed by atoms with Gasteiger partial charge in [-0.15, -0.1) is 0 Å². The molecular weight excluding hydrogens is 329 g/mol. The van der Waals surface area contributed by atoms with Crippen molar-refractivity contribution in [3.05, 3.63) is 83.3 Å². The second-order valence-corrected chi connectivity index (χ2v) is 6.23. The van der Waals surface area contributed by atoms with Crippen molar-refractivity contribution in [2.45, 2.75) is 20.3 Å². The van der Waals surface area contributed by atoms with E-state index in [1.165, 1.54) is 17.7 Å². The Balaban J connectivity index is 1.61. The number of amides is 1. The second kappa shape index (κ2) is 7.78. The van der Waals surface area contributed by atoms with E-state index in [0.29, 0.717) is 5.82 Å². The van der Waals surface area contributed by atoms with Gasteiger partial charge in [-0.3, -0.25) is 4.79 Å². The van der Waals surface area contributed by atoms with Crippen LogP contribution in [-0.4, -0.2) is 10.9 Å². The first-order chi connectivity index (χ1) is 12.5. The predicted octanol–water partition coefficient (Wildman–Crippen LogP) is 4.76. The van der Waals surface area contributed by atoms with Crippen molar-refractivity contribution in [1.29, 1.82) is 0 Å². The molecule has 1 aromatic heterocycles. The molecule has 5 heteroatoms. The molecule has 0 spiro atoms. The summed E-state index contributed by atoms with van der Waals surface area (Å²) in [5.74, 6) is -0.0364. The van der Waals surface area contributed by atoms with Gasteiger partial charge in [-0.05, 0) is 60.9 Å². The van der Waals surface area contributed by atoms with Crippen molar-refractivity contribution in [3.8, 4) is 0 Å². The first kappa shape index (κ1) is 17.6. The van der Waals surface area contributed by atoms with E-state index >= 15 is 0 Å². The van der Waals surface area contributed by atoms with Gasteiger partial charge in [0.2, 0.25) is 5.91 Å². The highest BCUT2D eigenvalue weighted by molar-refractivity contribution is 5.91. The van der Waals surface area contributed by atoms with Crippen molar-refractivity contribution in [3.63, 3.8) is 0 Å². The fourth-order valence-corrected chi connectivity index (χ4v) is 2.54. The van der Waals surface area contributed by atoms with Gasteiger partial charge in [0.15, 0.2) is 0 Å². The Hall–Kier alpha value is -3.21. The zero-order chi connectivity index (χ0) is 18.5. The number of halogens is 1. The number of rotatable bonds is 5. The molecule has 0 saturated heterocycles. The quantitative estimate of drug-likeness (QED) is 0.698. The lowest BCUT2D eigenvalue weighted by Crippen LogP contribution is -2.15. The first-order valence-electron chi connectivity index (χ1n) is 8.34. The van der Waals surface area contributed by atoms with Gasteiger partial charge in [-0.25, -0.2) is 9.37 Å². The molecule has 0 aliphatic heterocycles. The molecule has 1 amide bonds. The number of aryl methyl sites for hydroxylation is 2. The molecular formula is C21H20FN3O. The van der Waals surface area contributed by atoms with E-state index in [2.05, 4.69) is 33.8 Å². The number of hydrogen-bond donors (Lipinski definition) is 2. The van der Waals surface area contributed by atoms with Crippen molar-refractivity contribution in [2.24, 2.45) is 0 Å². The maximum Gasteiger partial charge on any atom is 0.229 e. The monoisotopic (exact) mass is 349 g/mol. The maximum atomic E-state index is 12.9. The molecule has 26 heavy (non-hydrogen) atoms. The van der Waals surface area contributed by atoms with Gasteiger partial charge < -0.3 is 10.6 Å². The van der Waals surface area contributed by atoms with Crippen LogP contribution >= 0.6 is 0 Å². The zero-order valence-corrected chi connectivity index (χ0v) is 14.7. The molecule has 1 heterocycles. The Kier molecular flexibility index (Phi) is 5.27. The molecule has 2 aromatic carbocycles. The van der Waals surface area contributed by atoms with E-state index in [4.69, 9.17) is 0 Å². The normalized spacial score (nSPS) is 10.4. The Morgan fingerprint density at radius 1 is 1.04 bits per heavy atom. The molecule has 0 unspecified atom stereocenters. The SMILES string of the molecule is Cc1ccc(C)c(Nc2ccc(NC(=O)Cc3ccc(F)cc3)nc2)c1. The smallest absolute Gasteiger partial charge is 0.229 e. The highest BCUT2D eigenvalue weighted by Gasteiger charge is 2.06. The number of nitrogens with one attached hydrogen (secondary N) is 2. The number of hydrogen-bond acceptors (Lipinski definition) is 3. The highest BCUT2D eigenvalue weighted by atomic mass is 19.1. The van der Waals surface area contributed by atoms with Gasteiger partial charge in [-0.2, -0.15) is 0 Å². The molecule has 0 aliphatic rings. The number of pyridine rings is 1. The summed E-state index contributed by atoms with van der Waals surface area (Å²) in [6, 6.07) is 15.7. The average molecular weight is 349 g/mol. The van der Waals surface area contributed by atoms with Crippen LogP contribution in [0.25, 0.3) is 0 Å². The van der Waals surface area contributed by atoms with Gasteiger partial charge in [0, 0.05) is 5.69 Å². The Labute approximate surface area is 152 Å². The largest absolute Gasteiger partial charge is 0.354 e. The lowest BCUT2D eigenvalue weighted by Gasteiger charge is -2.11. The predicted molar refractivity (Wildman–Crippen MR) is 102 cm³/mol. The summed E-state index contributed by atoms with van der Waals surface area (Å²) in [6.45, 7) is 4.09. The molecule has 0 saturated carbocycles. The Morgan fingerprint density at radius 2 is 1.81 bits per heavy atom. The number of anilines is 3. The van der Waals surface area contributed by atoms with Crippen LogP contribution in [-0.2, 0) is 11.2 Å².